The van der Waals surface area contributed by atoms with Gasteiger partial charge in [-0.1, -0.05) is 78.9 Å². The lowest BCUT2D eigenvalue weighted by atomic mass is 10.1. The van der Waals surface area contributed by atoms with Crippen molar-refractivity contribution >= 4 is 28.1 Å². The maximum absolute atomic E-state index is 15.0. The van der Waals surface area contributed by atoms with Crippen molar-refractivity contribution in [3.8, 4) is 11.3 Å². The number of carbonyl (C=O) groups is 1. The Kier molecular flexibility index (Phi) is 8.10. The third-order valence-corrected chi connectivity index (χ3v) is 7.44. The van der Waals surface area contributed by atoms with Crippen molar-refractivity contribution in [2.75, 3.05) is 4.90 Å². The van der Waals surface area contributed by atoms with Crippen LogP contribution in [-0.2, 0) is 19.6 Å². The summed E-state index contributed by atoms with van der Waals surface area (Å²) in [5, 5.41) is 3.67. The number of rotatable bonds is 9. The van der Waals surface area contributed by atoms with Crippen molar-refractivity contribution in [2.45, 2.75) is 26.6 Å². The molecule has 0 aliphatic heterocycles. The lowest BCUT2D eigenvalue weighted by Crippen LogP contribution is -2.23. The SMILES string of the molecule is Cc1sc(N(Cc2ccc(C(=O)NCc3cccc(CN)c3)cc2)c2ccccc2F)nc1-c1ccccc1. The lowest BCUT2D eigenvalue weighted by molar-refractivity contribution is 0.0951. The number of halogens is 1. The first-order valence-corrected chi connectivity index (χ1v) is 13.5. The van der Waals surface area contributed by atoms with Crippen molar-refractivity contribution in [3.63, 3.8) is 0 Å². The predicted molar refractivity (Wildman–Crippen MR) is 156 cm³/mol. The minimum atomic E-state index is -0.318. The summed E-state index contributed by atoms with van der Waals surface area (Å²) in [4.78, 5) is 20.6. The van der Waals surface area contributed by atoms with Crippen molar-refractivity contribution in [1.82, 2.24) is 10.3 Å². The first kappa shape index (κ1) is 26.3. The second kappa shape index (κ2) is 12.0. The Balaban J connectivity index is 1.36. The summed E-state index contributed by atoms with van der Waals surface area (Å²) in [5.41, 5.74) is 11.6. The average Bonchev–Trinajstić information content (AvgIpc) is 3.37. The van der Waals surface area contributed by atoms with Crippen molar-refractivity contribution in [3.05, 3.63) is 136 Å². The molecule has 0 saturated heterocycles. The molecule has 1 aromatic heterocycles. The van der Waals surface area contributed by atoms with Crippen molar-refractivity contribution < 1.29 is 9.18 Å². The highest BCUT2D eigenvalue weighted by atomic mass is 32.1. The van der Waals surface area contributed by atoms with Gasteiger partial charge in [-0.25, -0.2) is 9.37 Å². The molecule has 0 aliphatic carbocycles. The average molecular weight is 537 g/mol. The van der Waals surface area contributed by atoms with E-state index < -0.39 is 0 Å². The number of thiazole rings is 1. The third-order valence-electron chi connectivity index (χ3n) is 6.44. The molecule has 0 fully saturated rings. The van der Waals surface area contributed by atoms with E-state index in [1.54, 1.807) is 24.3 Å². The van der Waals surface area contributed by atoms with E-state index in [2.05, 4.69) is 5.32 Å². The van der Waals surface area contributed by atoms with Gasteiger partial charge >= 0.3 is 0 Å². The zero-order chi connectivity index (χ0) is 27.2. The molecule has 3 N–H and O–H groups in total. The second-order valence-electron chi connectivity index (χ2n) is 9.21. The zero-order valence-electron chi connectivity index (χ0n) is 21.6. The molecule has 0 radical (unpaired) electrons. The minimum Gasteiger partial charge on any atom is -0.348 e. The van der Waals surface area contributed by atoms with Crippen LogP contribution in [-0.4, -0.2) is 10.9 Å². The fraction of sp³-hybridized carbons (Fsp3) is 0.125. The number of anilines is 2. The normalized spacial score (nSPS) is 10.8. The Morgan fingerprint density at radius 3 is 2.36 bits per heavy atom. The van der Waals surface area contributed by atoms with E-state index in [0.29, 0.717) is 36.0 Å². The minimum absolute atomic E-state index is 0.159. The molecule has 7 heteroatoms. The summed E-state index contributed by atoms with van der Waals surface area (Å²) in [5.74, 6) is -0.477. The molecule has 0 atom stereocenters. The summed E-state index contributed by atoms with van der Waals surface area (Å²) in [7, 11) is 0. The van der Waals surface area contributed by atoms with Crippen LogP contribution in [0.5, 0.6) is 0 Å². The van der Waals surface area contributed by atoms with Crippen LogP contribution in [0.25, 0.3) is 11.3 Å². The number of hydrogen-bond donors (Lipinski definition) is 2. The van der Waals surface area contributed by atoms with E-state index in [1.807, 2.05) is 84.6 Å². The summed E-state index contributed by atoms with van der Waals surface area (Å²) >= 11 is 1.53. The summed E-state index contributed by atoms with van der Waals surface area (Å²) in [6.45, 7) is 3.31. The Hall–Kier alpha value is -4.33. The van der Waals surface area contributed by atoms with E-state index in [9.17, 15) is 9.18 Å². The van der Waals surface area contributed by atoms with Crippen molar-refractivity contribution in [1.29, 1.82) is 0 Å². The fourth-order valence-corrected chi connectivity index (χ4v) is 5.33. The molecule has 0 bridgehead atoms. The molecule has 1 heterocycles. The van der Waals surface area contributed by atoms with Crippen LogP contribution in [0.1, 0.15) is 31.9 Å². The molecule has 5 aromatic rings. The summed E-state index contributed by atoms with van der Waals surface area (Å²) in [6, 6.07) is 31.9. The number of nitrogens with one attached hydrogen (secondary N) is 1. The van der Waals surface area contributed by atoms with Gasteiger partial charge < -0.3 is 16.0 Å². The van der Waals surface area contributed by atoms with Gasteiger partial charge in [-0.3, -0.25) is 4.79 Å². The zero-order valence-corrected chi connectivity index (χ0v) is 22.4. The highest BCUT2D eigenvalue weighted by Crippen LogP contribution is 2.37. The maximum atomic E-state index is 15.0. The number of aryl methyl sites for hydroxylation is 1. The van der Waals surface area contributed by atoms with Gasteiger partial charge in [0, 0.05) is 29.1 Å². The molecule has 0 unspecified atom stereocenters. The molecular formula is C32H29FN4OS. The molecule has 39 heavy (non-hydrogen) atoms. The maximum Gasteiger partial charge on any atom is 0.251 e. The highest BCUT2D eigenvalue weighted by Gasteiger charge is 2.20. The number of amides is 1. The number of nitrogens with zero attached hydrogens (tertiary/aromatic N) is 2. The molecule has 5 nitrogen and oxygen atoms in total. The van der Waals surface area contributed by atoms with E-state index in [0.717, 1.165) is 32.8 Å². The van der Waals surface area contributed by atoms with Gasteiger partial charge in [0.2, 0.25) is 0 Å². The van der Waals surface area contributed by atoms with Crippen LogP contribution in [0.4, 0.5) is 15.2 Å². The summed E-state index contributed by atoms with van der Waals surface area (Å²) < 4.78 is 15.0. The largest absolute Gasteiger partial charge is 0.348 e. The lowest BCUT2D eigenvalue weighted by Gasteiger charge is -2.23. The summed E-state index contributed by atoms with van der Waals surface area (Å²) in [6.07, 6.45) is 0. The monoisotopic (exact) mass is 536 g/mol. The van der Waals surface area contributed by atoms with Gasteiger partial charge in [0.25, 0.3) is 5.91 Å². The quantitative estimate of drug-likeness (QED) is 0.213. The second-order valence-corrected chi connectivity index (χ2v) is 10.4. The highest BCUT2D eigenvalue weighted by molar-refractivity contribution is 7.16. The Bertz CT molecular complexity index is 1570. The number of para-hydroxylation sites is 1. The number of nitrogens with two attached hydrogens (primary N) is 1. The van der Waals surface area contributed by atoms with E-state index in [-0.39, 0.29) is 11.7 Å². The van der Waals surface area contributed by atoms with Gasteiger partial charge in [-0.05, 0) is 47.9 Å². The molecular weight excluding hydrogens is 507 g/mol. The van der Waals surface area contributed by atoms with Crippen molar-refractivity contribution in [2.24, 2.45) is 5.73 Å². The van der Waals surface area contributed by atoms with Crippen LogP contribution in [0.15, 0.2) is 103 Å². The van der Waals surface area contributed by atoms with E-state index in [4.69, 9.17) is 10.7 Å². The van der Waals surface area contributed by atoms with Gasteiger partial charge in [0.1, 0.15) is 5.82 Å². The third kappa shape index (κ3) is 6.22. The topological polar surface area (TPSA) is 71.2 Å². The molecule has 5 rings (SSSR count). The molecule has 196 valence electrons. The van der Waals surface area contributed by atoms with Crippen LogP contribution in [0.3, 0.4) is 0 Å². The Morgan fingerprint density at radius 1 is 0.897 bits per heavy atom. The number of carbonyl (C=O) groups excluding carboxylic acids is 1. The first-order valence-electron chi connectivity index (χ1n) is 12.7. The molecule has 1 amide bonds. The van der Waals surface area contributed by atoms with Gasteiger partial charge in [0.15, 0.2) is 5.13 Å². The predicted octanol–water partition coefficient (Wildman–Crippen LogP) is 6.98. The molecule has 4 aromatic carbocycles. The smallest absolute Gasteiger partial charge is 0.251 e. The standard InChI is InChI=1S/C32H29FN4OS/c1-22-30(26-10-3-2-4-11-26)36-32(39-22)37(29-13-6-5-12-28(29)33)21-23-14-16-27(17-15-23)31(38)35-20-25-9-7-8-24(18-25)19-34/h2-18H,19-21,34H2,1H3,(H,35,38). The number of benzene rings is 4. The number of hydrogen-bond acceptors (Lipinski definition) is 5. The molecule has 0 spiro atoms. The molecule has 0 aliphatic rings. The fourth-order valence-electron chi connectivity index (χ4n) is 4.38. The van der Waals surface area contributed by atoms with Crippen LogP contribution in [0.2, 0.25) is 0 Å². The van der Waals surface area contributed by atoms with E-state index >= 15 is 0 Å². The molecule has 0 saturated carbocycles. The van der Waals surface area contributed by atoms with Gasteiger partial charge in [-0.15, -0.1) is 11.3 Å². The first-order chi connectivity index (χ1) is 19.0. The number of aromatic nitrogens is 1. The van der Waals surface area contributed by atoms with Gasteiger partial charge in [-0.2, -0.15) is 0 Å². The van der Waals surface area contributed by atoms with Crippen LogP contribution in [0, 0.1) is 12.7 Å². The Labute approximate surface area is 231 Å². The Morgan fingerprint density at radius 2 is 1.62 bits per heavy atom. The van der Waals surface area contributed by atoms with Crippen LogP contribution >= 0.6 is 11.3 Å². The van der Waals surface area contributed by atoms with Gasteiger partial charge in [0.05, 0.1) is 17.9 Å². The van der Waals surface area contributed by atoms with E-state index in [1.165, 1.54) is 17.4 Å². The van der Waals surface area contributed by atoms with Crippen LogP contribution < -0.4 is 16.0 Å².